The first-order chi connectivity index (χ1) is 15.6. The molecule has 162 valence electrons. The summed E-state index contributed by atoms with van der Waals surface area (Å²) in [5.41, 5.74) is 1.43. The van der Waals surface area contributed by atoms with E-state index in [4.69, 9.17) is 19.4 Å². The van der Waals surface area contributed by atoms with Gasteiger partial charge in [0, 0.05) is 0 Å². The molecule has 0 fully saturated rings. The first-order valence-corrected chi connectivity index (χ1v) is 27.5. The molecule has 32 heavy (non-hydrogen) atoms. The van der Waals surface area contributed by atoms with Gasteiger partial charge in [-0.15, -0.1) is 0 Å². The smallest absolute Gasteiger partial charge is 0.0622 e. The third-order valence-corrected chi connectivity index (χ3v) is 9.92. The van der Waals surface area contributed by atoms with Crippen LogP contribution in [0.3, 0.4) is 0 Å². The van der Waals surface area contributed by atoms with Gasteiger partial charge < -0.3 is 0 Å². The van der Waals surface area contributed by atoms with Gasteiger partial charge in [0.1, 0.15) is 23.2 Å². The summed E-state index contributed by atoms with van der Waals surface area (Å²) in [6.07, 6.45) is 3.48. The molecule has 0 N–H and O–H groups in total. The zero-order valence-corrected chi connectivity index (χ0v) is 24.9. The Balaban J connectivity index is 0.000000668. The molecule has 4 aromatic rings. The van der Waals surface area contributed by atoms with Crippen LogP contribution in [0.15, 0.2) is 121 Å². The van der Waals surface area contributed by atoms with Crippen LogP contribution in [0.2, 0.25) is 0 Å². The van der Waals surface area contributed by atoms with E-state index in [1.54, 1.807) is 0 Å². The van der Waals surface area contributed by atoms with Crippen LogP contribution in [0.25, 0.3) is 0 Å². The van der Waals surface area contributed by atoms with Crippen molar-refractivity contribution in [3.63, 3.8) is 0 Å². The summed E-state index contributed by atoms with van der Waals surface area (Å²) >= 11 is 1.14. The van der Waals surface area contributed by atoms with Crippen molar-refractivity contribution >= 4 is 56.2 Å². The van der Waals surface area contributed by atoms with E-state index in [-0.39, 0.29) is 0 Å². The minimum Gasteiger partial charge on any atom is -0.0622 e. The normalized spacial score (nSPS) is 10.7. The topological polar surface area (TPSA) is 0 Å². The summed E-state index contributed by atoms with van der Waals surface area (Å²) in [7, 11) is 8.64. The van der Waals surface area contributed by atoms with Crippen LogP contribution in [0.4, 0.5) is 0 Å². The minimum absolute atomic E-state index is 1.12. The van der Waals surface area contributed by atoms with E-state index in [2.05, 4.69) is 135 Å². The van der Waals surface area contributed by atoms with Crippen LogP contribution in [-0.2, 0) is 18.4 Å². The van der Waals surface area contributed by atoms with Crippen molar-refractivity contribution in [1.29, 1.82) is 0 Å². The Labute approximate surface area is 212 Å². The number of hydrogen-bond acceptors (Lipinski definition) is 0. The standard InChI is InChI=1S/C27H26P.BrH.2ClH.Zn/c1-5-14-24(15-6-1)16-13-23-28(25-17-7-2-8-18-25,26-19-9-3-10-20-26)27-21-11-4-12-22-27;;;;/h1-12,14-15,17-22H,13,16,23H2;3*1H;/q+1;;;;+2/p-3. The molecule has 0 aromatic heterocycles. The molecule has 0 heterocycles. The number of aryl methyl sites for hydroxylation is 1. The average molecular weight is 598 g/mol. The quantitative estimate of drug-likeness (QED) is 0.151. The molecule has 0 unspecified atom stereocenters. The minimum atomic E-state index is -1.87. The number of halogens is 3. The predicted molar refractivity (Wildman–Crippen MR) is 145 cm³/mol. The predicted octanol–water partition coefficient (Wildman–Crippen LogP) is 7.84. The van der Waals surface area contributed by atoms with Crippen molar-refractivity contribution in [2.24, 2.45) is 0 Å². The summed E-state index contributed by atoms with van der Waals surface area (Å²) in [5, 5.41) is 4.42. The summed E-state index contributed by atoms with van der Waals surface area (Å²) in [5.74, 6) is 0. The molecule has 0 aliphatic carbocycles. The van der Waals surface area contributed by atoms with E-state index >= 15 is 0 Å². The Morgan fingerprint density at radius 3 is 1.22 bits per heavy atom. The number of rotatable bonds is 7. The van der Waals surface area contributed by atoms with Crippen LogP contribution in [0.1, 0.15) is 12.0 Å². The summed E-state index contributed by atoms with van der Waals surface area (Å²) in [6, 6.07) is 44.3. The van der Waals surface area contributed by atoms with Crippen molar-refractivity contribution in [2.75, 3.05) is 6.16 Å². The molecule has 0 aliphatic heterocycles. The maximum atomic E-state index is 5.17. The molecule has 0 atom stereocenters. The number of hydrogen-bond donors (Lipinski definition) is 0. The Bertz CT molecular complexity index is 933. The second-order valence-electron chi connectivity index (χ2n) is 7.43. The summed E-state index contributed by atoms with van der Waals surface area (Å²) < 4.78 is 0. The molecule has 4 rings (SSSR count). The fourth-order valence-electron chi connectivity index (χ4n) is 4.05. The zero-order chi connectivity index (χ0) is 22.7. The van der Waals surface area contributed by atoms with Gasteiger partial charge in [0.05, 0.1) is 6.16 Å². The van der Waals surface area contributed by atoms with E-state index in [9.17, 15) is 0 Å². The molecule has 0 spiro atoms. The fourth-order valence-corrected chi connectivity index (χ4v) is 8.39. The van der Waals surface area contributed by atoms with Gasteiger partial charge in [0.15, 0.2) is 0 Å². The Morgan fingerprint density at radius 2 is 0.875 bits per heavy atom. The maximum Gasteiger partial charge on any atom is 0.112 e. The van der Waals surface area contributed by atoms with Crippen LogP contribution < -0.4 is 15.9 Å². The van der Waals surface area contributed by atoms with E-state index in [0.717, 1.165) is 6.42 Å². The van der Waals surface area contributed by atoms with Gasteiger partial charge in [-0.05, 0) is 54.8 Å². The second-order valence-corrected chi connectivity index (χ2v) is 31.8. The SMILES string of the molecule is [Cl][Zn-]([Cl])[Br].c1ccc(CCC[P+](c2ccccc2)(c2ccccc2)c2ccccc2)cc1. The van der Waals surface area contributed by atoms with Gasteiger partial charge in [-0.25, -0.2) is 0 Å². The van der Waals surface area contributed by atoms with Crippen molar-refractivity contribution in [2.45, 2.75) is 12.8 Å². The molecule has 0 nitrogen and oxygen atoms in total. The van der Waals surface area contributed by atoms with E-state index in [0.29, 0.717) is 0 Å². The van der Waals surface area contributed by atoms with Crippen LogP contribution in [0.5, 0.6) is 0 Å². The van der Waals surface area contributed by atoms with Gasteiger partial charge in [-0.2, -0.15) is 0 Å². The van der Waals surface area contributed by atoms with E-state index in [1.165, 1.54) is 34.1 Å². The van der Waals surface area contributed by atoms with Gasteiger partial charge >= 0.3 is 45.0 Å². The Hall–Kier alpha value is -1.01. The molecular weight excluding hydrogens is 571 g/mol. The van der Waals surface area contributed by atoms with Crippen molar-refractivity contribution in [1.82, 2.24) is 0 Å². The Kier molecular flexibility index (Phi) is 10.9. The first-order valence-electron chi connectivity index (χ1n) is 10.8. The fraction of sp³-hybridized carbons (Fsp3) is 0.111. The molecule has 0 aliphatic rings. The van der Waals surface area contributed by atoms with E-state index in [1.807, 2.05) is 0 Å². The maximum absolute atomic E-state index is 5.17. The molecule has 5 heteroatoms. The molecular formula is C27H26BrCl2PZn. The third-order valence-electron chi connectivity index (χ3n) is 5.39. The number of benzene rings is 4. The van der Waals surface area contributed by atoms with Crippen molar-refractivity contribution in [3.05, 3.63) is 127 Å². The monoisotopic (exact) mass is 594 g/mol. The molecule has 0 amide bonds. The van der Waals surface area contributed by atoms with Crippen LogP contribution in [-0.4, -0.2) is 6.16 Å². The molecule has 4 aromatic carbocycles. The molecule has 0 bridgehead atoms. The van der Waals surface area contributed by atoms with Crippen molar-refractivity contribution < 1.29 is 12.0 Å². The van der Waals surface area contributed by atoms with Crippen LogP contribution in [0, 0.1) is 0 Å². The van der Waals surface area contributed by atoms with Gasteiger partial charge in [-0.3, -0.25) is 0 Å². The summed E-state index contributed by atoms with van der Waals surface area (Å²) in [4.78, 5) is 0. The third kappa shape index (κ3) is 7.25. The average Bonchev–Trinajstić information content (AvgIpc) is 2.84. The van der Waals surface area contributed by atoms with E-state index < -0.39 is 19.3 Å². The zero-order valence-electron chi connectivity index (χ0n) is 18.0. The first kappa shape index (κ1) is 25.6. The summed E-state index contributed by atoms with van der Waals surface area (Å²) in [6.45, 7) is 0. The van der Waals surface area contributed by atoms with Crippen LogP contribution >= 0.6 is 40.3 Å². The molecule has 0 saturated carbocycles. The Morgan fingerprint density at radius 1 is 0.562 bits per heavy atom. The largest absolute Gasteiger partial charge is 0.112 e. The second kappa shape index (κ2) is 13.6. The van der Waals surface area contributed by atoms with Gasteiger partial charge in [-0.1, -0.05) is 84.9 Å². The molecule has 0 saturated heterocycles. The van der Waals surface area contributed by atoms with Gasteiger partial charge in [0.25, 0.3) is 0 Å². The molecule has 0 radical (unpaired) electrons. The van der Waals surface area contributed by atoms with Gasteiger partial charge in [0.2, 0.25) is 0 Å². The van der Waals surface area contributed by atoms with Crippen molar-refractivity contribution in [3.8, 4) is 0 Å².